The molecule has 2 heterocycles. The largest absolute Gasteiger partial charge is 0.480 e. The van der Waals surface area contributed by atoms with Crippen LogP contribution in [0, 0.1) is 5.92 Å². The molecule has 0 spiro atoms. The minimum absolute atomic E-state index is 0.0466. The van der Waals surface area contributed by atoms with Crippen LogP contribution < -0.4 is 5.32 Å². The molecule has 2 aliphatic heterocycles. The highest BCUT2D eigenvalue weighted by Crippen LogP contribution is 2.20. The molecular weight excluding hydrogens is 270 g/mol. The van der Waals surface area contributed by atoms with E-state index in [1.54, 1.807) is 0 Å². The molecule has 0 aromatic carbocycles. The maximum Gasteiger partial charge on any atom is 0.317 e. The molecule has 2 fully saturated rings. The number of nitrogens with one attached hydrogen (secondary N) is 1. The highest BCUT2D eigenvalue weighted by Gasteiger charge is 2.30. The zero-order chi connectivity index (χ0) is 15.2. The van der Waals surface area contributed by atoms with Gasteiger partial charge in [0.2, 0.25) is 5.91 Å². The summed E-state index contributed by atoms with van der Waals surface area (Å²) >= 11 is 0. The third-order valence-corrected chi connectivity index (χ3v) is 4.65. The number of carbonyl (C=O) groups excluding carboxylic acids is 1. The van der Waals surface area contributed by atoms with E-state index in [0.717, 1.165) is 45.3 Å². The van der Waals surface area contributed by atoms with E-state index in [1.165, 1.54) is 0 Å². The second kappa shape index (κ2) is 7.75. The summed E-state index contributed by atoms with van der Waals surface area (Å²) in [4.78, 5) is 27.2. The Hall–Kier alpha value is -1.14. The summed E-state index contributed by atoms with van der Waals surface area (Å²) in [7, 11) is 0. The van der Waals surface area contributed by atoms with Gasteiger partial charge in [-0.2, -0.15) is 0 Å². The number of hydrogen-bond donors (Lipinski definition) is 2. The number of aliphatic carboxylic acids is 1. The van der Waals surface area contributed by atoms with Gasteiger partial charge in [0.1, 0.15) is 0 Å². The van der Waals surface area contributed by atoms with Crippen LogP contribution in [-0.4, -0.2) is 72.1 Å². The molecule has 2 atom stereocenters. The second-order valence-electron chi connectivity index (χ2n) is 6.15. The molecular formula is C15H27N3O3. The van der Waals surface area contributed by atoms with Crippen molar-refractivity contribution in [2.45, 2.75) is 38.6 Å². The number of piperidine rings is 1. The molecule has 120 valence electrons. The molecule has 2 aliphatic rings. The van der Waals surface area contributed by atoms with Gasteiger partial charge in [0.15, 0.2) is 0 Å². The Balaban J connectivity index is 1.86. The van der Waals surface area contributed by atoms with Crippen molar-refractivity contribution in [2.24, 2.45) is 5.92 Å². The zero-order valence-electron chi connectivity index (χ0n) is 12.9. The monoisotopic (exact) mass is 297 g/mol. The van der Waals surface area contributed by atoms with Gasteiger partial charge in [-0.15, -0.1) is 0 Å². The Morgan fingerprint density at radius 3 is 2.76 bits per heavy atom. The smallest absolute Gasteiger partial charge is 0.317 e. The van der Waals surface area contributed by atoms with E-state index < -0.39 is 5.97 Å². The number of nitrogens with zero attached hydrogens (tertiary/aromatic N) is 2. The number of carbonyl (C=O) groups is 2. The van der Waals surface area contributed by atoms with Crippen molar-refractivity contribution >= 4 is 11.9 Å². The maximum absolute atomic E-state index is 12.6. The van der Waals surface area contributed by atoms with Gasteiger partial charge >= 0.3 is 5.97 Å². The molecule has 1 amide bonds. The Kier molecular flexibility index (Phi) is 5.99. The Morgan fingerprint density at radius 1 is 1.24 bits per heavy atom. The fourth-order valence-electron chi connectivity index (χ4n) is 3.32. The van der Waals surface area contributed by atoms with E-state index >= 15 is 0 Å². The summed E-state index contributed by atoms with van der Waals surface area (Å²) in [6.07, 6.45) is 4.08. The van der Waals surface area contributed by atoms with E-state index in [-0.39, 0.29) is 18.5 Å². The van der Waals surface area contributed by atoms with Crippen LogP contribution in [0.1, 0.15) is 32.6 Å². The van der Waals surface area contributed by atoms with Crippen LogP contribution in [-0.2, 0) is 9.59 Å². The minimum atomic E-state index is -0.797. The first-order valence-corrected chi connectivity index (χ1v) is 8.06. The lowest BCUT2D eigenvalue weighted by Crippen LogP contribution is -2.51. The van der Waals surface area contributed by atoms with Gasteiger partial charge in [0.05, 0.1) is 12.6 Å². The van der Waals surface area contributed by atoms with E-state index in [1.807, 2.05) is 9.80 Å². The van der Waals surface area contributed by atoms with Crippen LogP contribution in [0.25, 0.3) is 0 Å². The lowest BCUT2D eigenvalue weighted by Gasteiger charge is -2.32. The van der Waals surface area contributed by atoms with Gasteiger partial charge in [0, 0.05) is 26.2 Å². The topological polar surface area (TPSA) is 72.9 Å². The first-order valence-electron chi connectivity index (χ1n) is 8.06. The second-order valence-corrected chi connectivity index (χ2v) is 6.15. The van der Waals surface area contributed by atoms with Gasteiger partial charge in [-0.1, -0.05) is 13.3 Å². The molecule has 0 aromatic heterocycles. The van der Waals surface area contributed by atoms with Crippen molar-refractivity contribution in [3.8, 4) is 0 Å². The Bertz CT molecular complexity index is 375. The lowest BCUT2D eigenvalue weighted by molar-refractivity contribution is -0.138. The average molecular weight is 297 g/mol. The third-order valence-electron chi connectivity index (χ3n) is 4.65. The molecule has 2 saturated heterocycles. The first kappa shape index (κ1) is 16.2. The fourth-order valence-corrected chi connectivity index (χ4v) is 3.32. The molecule has 0 saturated carbocycles. The first-order chi connectivity index (χ1) is 10.1. The van der Waals surface area contributed by atoms with Crippen molar-refractivity contribution in [3.63, 3.8) is 0 Å². The van der Waals surface area contributed by atoms with Gasteiger partial charge in [-0.3, -0.25) is 14.5 Å². The zero-order valence-corrected chi connectivity index (χ0v) is 12.9. The third kappa shape index (κ3) is 4.68. The number of hydrogen-bond acceptors (Lipinski definition) is 4. The highest BCUT2D eigenvalue weighted by molar-refractivity contribution is 5.82. The standard InChI is InChI=1S/C15H27N3O3/c1-2-12-4-5-16-13(10-12)15(21)18-7-3-6-17(8-9-18)11-14(19)20/h12-13,16H,2-11H2,1H3,(H,19,20). The van der Waals surface area contributed by atoms with Crippen LogP contribution in [0.3, 0.4) is 0 Å². The van der Waals surface area contributed by atoms with E-state index in [9.17, 15) is 9.59 Å². The van der Waals surface area contributed by atoms with Crippen molar-refractivity contribution in [1.29, 1.82) is 0 Å². The predicted molar refractivity (Wildman–Crippen MR) is 80.1 cm³/mol. The van der Waals surface area contributed by atoms with Crippen LogP contribution in [0.5, 0.6) is 0 Å². The summed E-state index contributed by atoms with van der Waals surface area (Å²) in [6, 6.07) is -0.0466. The number of amides is 1. The maximum atomic E-state index is 12.6. The quantitative estimate of drug-likeness (QED) is 0.785. The molecule has 0 aromatic rings. The molecule has 6 nitrogen and oxygen atoms in total. The van der Waals surface area contributed by atoms with Crippen LogP contribution in [0.15, 0.2) is 0 Å². The summed E-state index contributed by atoms with van der Waals surface area (Å²) < 4.78 is 0. The summed E-state index contributed by atoms with van der Waals surface area (Å²) in [5.41, 5.74) is 0. The normalized spacial score (nSPS) is 28.1. The molecule has 2 rings (SSSR count). The SMILES string of the molecule is CCC1CCNC(C(=O)N2CCCN(CC(=O)O)CC2)C1. The fraction of sp³-hybridized carbons (Fsp3) is 0.867. The molecule has 2 N–H and O–H groups in total. The minimum Gasteiger partial charge on any atom is -0.480 e. The van der Waals surface area contributed by atoms with Crippen molar-refractivity contribution in [3.05, 3.63) is 0 Å². The predicted octanol–water partition coefficient (Wildman–Crippen LogP) is 0.384. The number of rotatable bonds is 4. The van der Waals surface area contributed by atoms with Gasteiger partial charge in [-0.25, -0.2) is 0 Å². The van der Waals surface area contributed by atoms with Crippen LogP contribution >= 0.6 is 0 Å². The van der Waals surface area contributed by atoms with Crippen LogP contribution in [0.2, 0.25) is 0 Å². The van der Waals surface area contributed by atoms with Gasteiger partial charge in [-0.05, 0) is 31.7 Å². The van der Waals surface area contributed by atoms with Gasteiger partial charge in [0.25, 0.3) is 0 Å². The molecule has 2 unspecified atom stereocenters. The van der Waals surface area contributed by atoms with Crippen LogP contribution in [0.4, 0.5) is 0 Å². The van der Waals surface area contributed by atoms with Crippen molar-refractivity contribution in [2.75, 3.05) is 39.3 Å². The lowest BCUT2D eigenvalue weighted by atomic mass is 9.90. The van der Waals surface area contributed by atoms with E-state index in [4.69, 9.17) is 5.11 Å². The van der Waals surface area contributed by atoms with E-state index in [2.05, 4.69) is 12.2 Å². The Labute approximate surface area is 126 Å². The highest BCUT2D eigenvalue weighted by atomic mass is 16.4. The number of carboxylic acids is 1. The summed E-state index contributed by atoms with van der Waals surface area (Å²) in [6.45, 7) is 5.97. The molecule has 21 heavy (non-hydrogen) atoms. The summed E-state index contributed by atoms with van der Waals surface area (Å²) in [5.74, 6) is 0.0514. The number of carboxylic acid groups (broad SMARTS) is 1. The summed E-state index contributed by atoms with van der Waals surface area (Å²) in [5, 5.41) is 12.2. The van der Waals surface area contributed by atoms with E-state index in [0.29, 0.717) is 19.0 Å². The van der Waals surface area contributed by atoms with Gasteiger partial charge < -0.3 is 15.3 Å². The van der Waals surface area contributed by atoms with Crippen molar-refractivity contribution in [1.82, 2.24) is 15.1 Å². The molecule has 6 heteroatoms. The molecule has 0 aliphatic carbocycles. The molecule has 0 radical (unpaired) electrons. The molecule has 0 bridgehead atoms. The van der Waals surface area contributed by atoms with Crippen molar-refractivity contribution < 1.29 is 14.7 Å². The average Bonchev–Trinajstić information content (AvgIpc) is 2.71. The Morgan fingerprint density at radius 2 is 2.05 bits per heavy atom.